The minimum atomic E-state index is -3.86. The first-order chi connectivity index (χ1) is 18.1. The summed E-state index contributed by atoms with van der Waals surface area (Å²) < 4.78 is 55.5. The maximum atomic E-state index is 13.4. The molecule has 0 amide bonds. The molecular weight excluding hydrogens is 520 g/mol. The van der Waals surface area contributed by atoms with Crippen molar-refractivity contribution >= 4 is 25.8 Å². The smallest absolute Gasteiger partial charge is 0.243 e. The second-order valence-corrected chi connectivity index (χ2v) is 13.3. The molecule has 0 saturated heterocycles. The Balaban J connectivity index is 1.43. The lowest BCUT2D eigenvalue weighted by Crippen LogP contribution is -2.26. The zero-order valence-corrected chi connectivity index (χ0v) is 22.5. The number of carbonyl (C=O) groups excluding carboxylic acids is 1. The number of fused-ring (bicyclic) bond motifs is 3. The Morgan fingerprint density at radius 2 is 0.895 bits per heavy atom. The highest BCUT2D eigenvalue weighted by Gasteiger charge is 2.32. The van der Waals surface area contributed by atoms with Gasteiger partial charge in [0, 0.05) is 38.3 Å². The molecule has 5 rings (SSSR count). The molecule has 1 aliphatic carbocycles. The minimum Gasteiger partial charge on any atom is -0.289 e. The Hall–Kier alpha value is -3.63. The lowest BCUT2D eigenvalue weighted by Gasteiger charge is -2.18. The fourth-order valence-electron chi connectivity index (χ4n) is 4.57. The third-order valence-electron chi connectivity index (χ3n) is 6.67. The maximum absolute atomic E-state index is 13.4. The summed E-state index contributed by atoms with van der Waals surface area (Å²) in [6, 6.07) is 27.4. The van der Waals surface area contributed by atoms with E-state index in [0.29, 0.717) is 11.1 Å². The molecule has 0 N–H and O–H groups in total. The summed E-state index contributed by atoms with van der Waals surface area (Å²) >= 11 is 0. The highest BCUT2D eigenvalue weighted by atomic mass is 32.2. The highest BCUT2D eigenvalue weighted by molar-refractivity contribution is 7.89. The molecule has 1 aliphatic rings. The van der Waals surface area contributed by atoms with Crippen LogP contribution in [-0.4, -0.2) is 45.3 Å². The van der Waals surface area contributed by atoms with Crippen LogP contribution in [0.4, 0.5) is 0 Å². The van der Waals surface area contributed by atoms with Gasteiger partial charge in [-0.1, -0.05) is 72.8 Å². The van der Waals surface area contributed by atoms with Gasteiger partial charge in [0.2, 0.25) is 20.0 Å². The Bertz CT molecular complexity index is 1610. The molecule has 0 saturated carbocycles. The molecule has 0 aliphatic heterocycles. The van der Waals surface area contributed by atoms with Crippen LogP contribution >= 0.6 is 0 Å². The first-order valence-electron chi connectivity index (χ1n) is 11.9. The second-order valence-electron chi connectivity index (χ2n) is 9.24. The van der Waals surface area contributed by atoms with E-state index in [9.17, 15) is 21.6 Å². The van der Waals surface area contributed by atoms with E-state index in [1.165, 1.54) is 47.0 Å². The fraction of sp³-hybridized carbons (Fsp3) is 0.138. The van der Waals surface area contributed by atoms with E-state index < -0.39 is 25.8 Å². The molecule has 9 heteroatoms. The first kappa shape index (κ1) is 26.0. The van der Waals surface area contributed by atoms with E-state index in [4.69, 9.17) is 0 Å². The Morgan fingerprint density at radius 3 is 1.26 bits per heavy atom. The normalized spacial score (nSPS) is 13.1. The van der Waals surface area contributed by atoms with Crippen LogP contribution < -0.4 is 0 Å². The highest BCUT2D eigenvalue weighted by Crippen LogP contribution is 2.39. The van der Waals surface area contributed by atoms with E-state index in [-0.39, 0.29) is 34.0 Å². The van der Waals surface area contributed by atoms with Crippen molar-refractivity contribution in [2.45, 2.75) is 22.9 Å². The van der Waals surface area contributed by atoms with Crippen molar-refractivity contribution in [3.63, 3.8) is 0 Å². The Kier molecular flexibility index (Phi) is 6.79. The van der Waals surface area contributed by atoms with Gasteiger partial charge in [0.25, 0.3) is 0 Å². The van der Waals surface area contributed by atoms with Crippen molar-refractivity contribution in [2.24, 2.45) is 0 Å². The third-order valence-corrected chi connectivity index (χ3v) is 10.3. The lowest BCUT2D eigenvalue weighted by atomic mass is 10.1. The summed E-state index contributed by atoms with van der Waals surface area (Å²) in [7, 11) is -4.74. The number of carbonyl (C=O) groups is 1. The van der Waals surface area contributed by atoms with E-state index in [1.807, 2.05) is 60.7 Å². The maximum Gasteiger partial charge on any atom is 0.243 e. The molecule has 194 valence electrons. The second kappa shape index (κ2) is 9.92. The lowest BCUT2D eigenvalue weighted by molar-refractivity contribution is 0.104. The third kappa shape index (κ3) is 4.69. The van der Waals surface area contributed by atoms with Gasteiger partial charge in [-0.2, -0.15) is 8.61 Å². The number of sulfonamides is 2. The van der Waals surface area contributed by atoms with Crippen molar-refractivity contribution < 1.29 is 21.6 Å². The minimum absolute atomic E-state index is 0.00581. The molecule has 0 atom stereocenters. The topological polar surface area (TPSA) is 91.8 Å². The fourth-order valence-corrected chi connectivity index (χ4v) is 6.94. The standard InChI is InChI=1S/C29H26N2O5S2/c1-30(19-21-9-5-3-6-10-21)37(33,34)23-13-15-25-26-16-14-24(18-28(26)29(32)27(25)17-23)38(35,36)31(2)20-22-11-7-4-8-12-22/h3-18H,19-20H2,1-2H3. The predicted octanol–water partition coefficient (Wildman–Crippen LogP) is 4.54. The van der Waals surface area contributed by atoms with E-state index in [0.717, 1.165) is 11.1 Å². The van der Waals surface area contributed by atoms with E-state index in [1.54, 1.807) is 12.1 Å². The molecule has 0 heterocycles. The first-order valence-corrected chi connectivity index (χ1v) is 14.8. The van der Waals surface area contributed by atoms with Crippen molar-refractivity contribution in [3.8, 4) is 11.1 Å². The van der Waals surface area contributed by atoms with Gasteiger partial charge < -0.3 is 0 Å². The van der Waals surface area contributed by atoms with Gasteiger partial charge in [0.05, 0.1) is 9.79 Å². The van der Waals surface area contributed by atoms with Gasteiger partial charge in [-0.05, 0) is 46.5 Å². The largest absolute Gasteiger partial charge is 0.289 e. The summed E-state index contributed by atoms with van der Waals surface area (Å²) in [5.74, 6) is -0.402. The van der Waals surface area contributed by atoms with Crippen molar-refractivity contribution in [2.75, 3.05) is 14.1 Å². The molecule has 0 bridgehead atoms. The molecule has 0 spiro atoms. The van der Waals surface area contributed by atoms with Gasteiger partial charge in [-0.15, -0.1) is 0 Å². The molecule has 0 radical (unpaired) electrons. The van der Waals surface area contributed by atoms with E-state index in [2.05, 4.69) is 0 Å². The molecule has 0 fully saturated rings. The summed E-state index contributed by atoms with van der Waals surface area (Å²) in [6.07, 6.45) is 0. The van der Waals surface area contributed by atoms with Gasteiger partial charge in [-0.3, -0.25) is 4.79 Å². The van der Waals surface area contributed by atoms with Crippen LogP contribution in [0, 0.1) is 0 Å². The van der Waals surface area contributed by atoms with Crippen molar-refractivity contribution in [1.82, 2.24) is 8.61 Å². The molecule has 0 unspecified atom stereocenters. The molecule has 4 aromatic carbocycles. The van der Waals surface area contributed by atoms with Crippen molar-refractivity contribution in [3.05, 3.63) is 119 Å². The molecular formula is C29H26N2O5S2. The van der Waals surface area contributed by atoms with Crippen LogP contribution in [0.3, 0.4) is 0 Å². The van der Waals surface area contributed by atoms with Crippen molar-refractivity contribution in [1.29, 1.82) is 0 Å². The van der Waals surface area contributed by atoms with Gasteiger partial charge in [0.15, 0.2) is 5.78 Å². The van der Waals surface area contributed by atoms with Gasteiger partial charge in [-0.25, -0.2) is 16.8 Å². The Morgan fingerprint density at radius 1 is 0.526 bits per heavy atom. The number of rotatable bonds is 8. The summed E-state index contributed by atoms with van der Waals surface area (Å²) in [4.78, 5) is 13.4. The van der Waals surface area contributed by atoms with Crippen LogP contribution in [0.15, 0.2) is 107 Å². The van der Waals surface area contributed by atoms with Crippen LogP contribution in [0.1, 0.15) is 27.0 Å². The van der Waals surface area contributed by atoms with Crippen LogP contribution in [0.5, 0.6) is 0 Å². The zero-order chi connectivity index (χ0) is 27.1. The summed E-state index contributed by atoms with van der Waals surface area (Å²) in [6.45, 7) is 0.373. The number of nitrogens with zero attached hydrogens (tertiary/aromatic N) is 2. The number of ketones is 1. The summed E-state index contributed by atoms with van der Waals surface area (Å²) in [5, 5.41) is 0. The number of hydrogen-bond acceptors (Lipinski definition) is 5. The zero-order valence-electron chi connectivity index (χ0n) is 20.9. The van der Waals surface area contributed by atoms with Crippen LogP contribution in [-0.2, 0) is 33.1 Å². The monoisotopic (exact) mass is 546 g/mol. The SMILES string of the molecule is CN(Cc1ccccc1)S(=O)(=O)c1ccc2c(c1)C(=O)c1cc(S(=O)(=O)N(C)Cc3ccccc3)ccc1-2. The van der Waals surface area contributed by atoms with Crippen LogP contribution in [0.25, 0.3) is 11.1 Å². The molecule has 38 heavy (non-hydrogen) atoms. The number of benzene rings is 4. The molecule has 0 aromatic heterocycles. The number of hydrogen-bond donors (Lipinski definition) is 0. The average Bonchev–Trinajstić information content (AvgIpc) is 3.20. The van der Waals surface area contributed by atoms with Crippen LogP contribution in [0.2, 0.25) is 0 Å². The average molecular weight is 547 g/mol. The molecule has 4 aromatic rings. The Labute approximate surface area is 223 Å². The van der Waals surface area contributed by atoms with E-state index >= 15 is 0 Å². The van der Waals surface area contributed by atoms with Gasteiger partial charge >= 0.3 is 0 Å². The predicted molar refractivity (Wildman–Crippen MR) is 146 cm³/mol. The summed E-state index contributed by atoms with van der Waals surface area (Å²) in [5.41, 5.74) is 3.32. The van der Waals surface area contributed by atoms with Gasteiger partial charge in [0.1, 0.15) is 0 Å². The quantitative estimate of drug-likeness (QED) is 0.285. The molecule has 7 nitrogen and oxygen atoms in total.